The number of hydrogen-bond acceptors (Lipinski definition) is 0. The third-order valence-electron chi connectivity index (χ3n) is 2.42. The van der Waals surface area contributed by atoms with Crippen molar-refractivity contribution in [3.8, 4) is 11.1 Å². The Labute approximate surface area is 108 Å². The van der Waals surface area contributed by atoms with E-state index in [2.05, 4.69) is 0 Å². The standard InChI is InChI=1S/C12H3ClF6/c13-4-2-1-3-5(14)6(4)7-8(15)10(17)12(19)11(18)9(7)16/h1-3H. The maximum absolute atomic E-state index is 13.5. The molecule has 2 aromatic rings. The highest BCUT2D eigenvalue weighted by Crippen LogP contribution is 2.36. The van der Waals surface area contributed by atoms with Gasteiger partial charge < -0.3 is 0 Å². The average molecular weight is 297 g/mol. The van der Waals surface area contributed by atoms with Crippen molar-refractivity contribution in [2.75, 3.05) is 0 Å². The van der Waals surface area contributed by atoms with Crippen LogP contribution in [-0.2, 0) is 0 Å². The molecule has 2 rings (SSSR count). The van der Waals surface area contributed by atoms with Gasteiger partial charge in [0.1, 0.15) is 5.82 Å². The van der Waals surface area contributed by atoms with E-state index in [9.17, 15) is 26.3 Å². The van der Waals surface area contributed by atoms with Crippen molar-refractivity contribution in [3.63, 3.8) is 0 Å². The van der Waals surface area contributed by atoms with Gasteiger partial charge in [0, 0.05) is 5.56 Å². The summed E-state index contributed by atoms with van der Waals surface area (Å²) in [5, 5.41) is -0.469. The van der Waals surface area contributed by atoms with Crippen molar-refractivity contribution in [3.05, 3.63) is 58.1 Å². The Kier molecular flexibility index (Phi) is 3.45. The molecular weight excluding hydrogens is 294 g/mol. The first-order chi connectivity index (χ1) is 8.86. The van der Waals surface area contributed by atoms with Gasteiger partial charge in [0.2, 0.25) is 5.82 Å². The number of hydrogen-bond donors (Lipinski definition) is 0. The molecule has 7 heteroatoms. The van der Waals surface area contributed by atoms with Crippen LogP contribution < -0.4 is 0 Å². The van der Waals surface area contributed by atoms with E-state index in [1.807, 2.05) is 0 Å². The molecule has 0 saturated heterocycles. The molecule has 19 heavy (non-hydrogen) atoms. The molecule has 2 aromatic carbocycles. The molecule has 0 spiro atoms. The zero-order chi connectivity index (χ0) is 14.3. The second-order valence-electron chi connectivity index (χ2n) is 3.54. The van der Waals surface area contributed by atoms with Gasteiger partial charge in [-0.1, -0.05) is 17.7 Å². The van der Waals surface area contributed by atoms with Crippen LogP contribution in [0, 0.1) is 34.9 Å². The molecule has 0 aliphatic rings. The molecule has 0 fully saturated rings. The maximum atomic E-state index is 13.5. The first-order valence-corrected chi connectivity index (χ1v) is 5.19. The smallest absolute Gasteiger partial charge is 0.200 e. The molecule has 0 amide bonds. The number of benzene rings is 2. The average Bonchev–Trinajstić information content (AvgIpc) is 2.37. The summed E-state index contributed by atoms with van der Waals surface area (Å²) >= 11 is 5.54. The molecule has 0 nitrogen and oxygen atoms in total. The highest BCUT2D eigenvalue weighted by molar-refractivity contribution is 6.33. The number of rotatable bonds is 1. The van der Waals surface area contributed by atoms with E-state index >= 15 is 0 Å². The highest BCUT2D eigenvalue weighted by Gasteiger charge is 2.29. The summed E-state index contributed by atoms with van der Waals surface area (Å²) in [4.78, 5) is 0. The Morgan fingerprint density at radius 1 is 0.632 bits per heavy atom. The van der Waals surface area contributed by atoms with Gasteiger partial charge in [0.15, 0.2) is 23.3 Å². The molecule has 0 saturated carbocycles. The summed E-state index contributed by atoms with van der Waals surface area (Å²) in [5.74, 6) is -12.1. The van der Waals surface area contributed by atoms with Crippen LogP contribution in [0.1, 0.15) is 0 Å². The largest absolute Gasteiger partial charge is 0.206 e. The fourth-order valence-corrected chi connectivity index (χ4v) is 1.82. The summed E-state index contributed by atoms with van der Waals surface area (Å²) in [6.07, 6.45) is 0. The fraction of sp³-hybridized carbons (Fsp3) is 0. The van der Waals surface area contributed by atoms with Gasteiger partial charge in [0.05, 0.1) is 10.6 Å². The lowest BCUT2D eigenvalue weighted by Gasteiger charge is -2.10. The lowest BCUT2D eigenvalue weighted by atomic mass is 10.0. The van der Waals surface area contributed by atoms with Crippen LogP contribution in [-0.4, -0.2) is 0 Å². The van der Waals surface area contributed by atoms with Gasteiger partial charge in [-0.15, -0.1) is 0 Å². The van der Waals surface area contributed by atoms with Crippen LogP contribution in [0.5, 0.6) is 0 Å². The zero-order valence-electron chi connectivity index (χ0n) is 8.88. The monoisotopic (exact) mass is 296 g/mol. The molecule has 100 valence electrons. The molecule has 0 aliphatic carbocycles. The Balaban J connectivity index is 2.92. The van der Waals surface area contributed by atoms with E-state index in [0.717, 1.165) is 18.2 Å². The Hall–Kier alpha value is -1.69. The number of halogens is 7. The van der Waals surface area contributed by atoms with Gasteiger partial charge >= 0.3 is 0 Å². The molecule has 0 aromatic heterocycles. The van der Waals surface area contributed by atoms with E-state index in [4.69, 9.17) is 11.6 Å². The summed E-state index contributed by atoms with van der Waals surface area (Å²) in [6, 6.07) is 2.99. The van der Waals surface area contributed by atoms with Crippen LogP contribution in [0.15, 0.2) is 18.2 Å². The van der Waals surface area contributed by atoms with Gasteiger partial charge in [-0.25, -0.2) is 26.3 Å². The molecular formula is C12H3ClF6. The van der Waals surface area contributed by atoms with Crippen molar-refractivity contribution in [1.29, 1.82) is 0 Å². The van der Waals surface area contributed by atoms with Crippen molar-refractivity contribution < 1.29 is 26.3 Å². The second-order valence-corrected chi connectivity index (χ2v) is 3.95. The van der Waals surface area contributed by atoms with E-state index in [1.165, 1.54) is 0 Å². The van der Waals surface area contributed by atoms with Crippen LogP contribution >= 0.6 is 11.6 Å². The van der Waals surface area contributed by atoms with E-state index in [1.54, 1.807) is 0 Å². The lowest BCUT2D eigenvalue weighted by molar-refractivity contribution is 0.381. The van der Waals surface area contributed by atoms with Gasteiger partial charge in [-0.3, -0.25) is 0 Å². The van der Waals surface area contributed by atoms with E-state index in [-0.39, 0.29) is 0 Å². The first-order valence-electron chi connectivity index (χ1n) is 4.82. The molecule has 0 N–H and O–H groups in total. The topological polar surface area (TPSA) is 0 Å². The summed E-state index contributed by atoms with van der Waals surface area (Å²) in [7, 11) is 0. The van der Waals surface area contributed by atoms with E-state index < -0.39 is 51.1 Å². The van der Waals surface area contributed by atoms with Crippen LogP contribution in [0.25, 0.3) is 11.1 Å². The van der Waals surface area contributed by atoms with E-state index in [0.29, 0.717) is 0 Å². The minimum absolute atomic E-state index is 0.469. The molecule has 0 aliphatic heterocycles. The zero-order valence-corrected chi connectivity index (χ0v) is 9.63. The molecule has 0 radical (unpaired) electrons. The van der Waals surface area contributed by atoms with Gasteiger partial charge in [-0.2, -0.15) is 0 Å². The summed E-state index contributed by atoms with van der Waals surface area (Å²) < 4.78 is 79.4. The Bertz CT molecular complexity index is 618. The minimum Gasteiger partial charge on any atom is -0.206 e. The Morgan fingerprint density at radius 2 is 1.11 bits per heavy atom. The van der Waals surface area contributed by atoms with Crippen molar-refractivity contribution in [2.24, 2.45) is 0 Å². The molecule has 0 unspecified atom stereocenters. The third-order valence-corrected chi connectivity index (χ3v) is 2.74. The summed E-state index contributed by atoms with van der Waals surface area (Å²) in [6.45, 7) is 0. The summed E-state index contributed by atoms with van der Waals surface area (Å²) in [5.41, 5.74) is -2.27. The molecule has 0 bridgehead atoms. The fourth-order valence-electron chi connectivity index (χ4n) is 1.56. The predicted octanol–water partition coefficient (Wildman–Crippen LogP) is 4.84. The minimum atomic E-state index is -2.31. The van der Waals surface area contributed by atoms with Gasteiger partial charge in [0.25, 0.3) is 0 Å². The SMILES string of the molecule is Fc1cccc(Cl)c1-c1c(F)c(F)c(F)c(F)c1F. The van der Waals surface area contributed by atoms with Crippen LogP contribution in [0.3, 0.4) is 0 Å². The normalized spacial score (nSPS) is 10.9. The van der Waals surface area contributed by atoms with Crippen LogP contribution in [0.2, 0.25) is 5.02 Å². The molecule has 0 atom stereocenters. The first kappa shape index (κ1) is 13.7. The lowest BCUT2D eigenvalue weighted by Crippen LogP contribution is -2.05. The van der Waals surface area contributed by atoms with Crippen molar-refractivity contribution in [2.45, 2.75) is 0 Å². The maximum Gasteiger partial charge on any atom is 0.200 e. The highest BCUT2D eigenvalue weighted by atomic mass is 35.5. The van der Waals surface area contributed by atoms with Crippen molar-refractivity contribution >= 4 is 11.6 Å². The molecule has 0 heterocycles. The Morgan fingerprint density at radius 3 is 1.58 bits per heavy atom. The second kappa shape index (κ2) is 4.77. The quantitative estimate of drug-likeness (QED) is 0.401. The third kappa shape index (κ3) is 2.06. The van der Waals surface area contributed by atoms with Gasteiger partial charge in [-0.05, 0) is 12.1 Å². The van der Waals surface area contributed by atoms with Crippen molar-refractivity contribution in [1.82, 2.24) is 0 Å². The predicted molar refractivity (Wildman–Crippen MR) is 56.6 cm³/mol. The van der Waals surface area contributed by atoms with Crippen LogP contribution in [0.4, 0.5) is 26.3 Å².